The summed E-state index contributed by atoms with van der Waals surface area (Å²) in [6.07, 6.45) is -4.34. The van der Waals surface area contributed by atoms with E-state index in [9.17, 15) is 22.8 Å². The highest BCUT2D eigenvalue weighted by Gasteiger charge is 2.48. The Hall–Kier alpha value is -2.54. The van der Waals surface area contributed by atoms with E-state index in [1.807, 2.05) is 30.3 Å². The summed E-state index contributed by atoms with van der Waals surface area (Å²) in [7, 11) is 0. The van der Waals surface area contributed by atoms with Crippen LogP contribution in [0.2, 0.25) is 5.02 Å². The van der Waals surface area contributed by atoms with Gasteiger partial charge in [-0.3, -0.25) is 9.59 Å². The van der Waals surface area contributed by atoms with Gasteiger partial charge in [-0.25, -0.2) is 0 Å². The fourth-order valence-corrected chi connectivity index (χ4v) is 2.95. The summed E-state index contributed by atoms with van der Waals surface area (Å²) in [4.78, 5) is 24.4. The summed E-state index contributed by atoms with van der Waals surface area (Å²) in [5.41, 5.74) is -0.468. The van der Waals surface area contributed by atoms with Crippen molar-refractivity contribution in [2.75, 3.05) is 5.32 Å². The van der Waals surface area contributed by atoms with Gasteiger partial charge in [0.1, 0.15) is 0 Å². The molecule has 2 unspecified atom stereocenters. The molecule has 0 aliphatic heterocycles. The fourth-order valence-electron chi connectivity index (χ4n) is 2.78. The maximum Gasteiger partial charge on any atom is 0.418 e. The van der Waals surface area contributed by atoms with Gasteiger partial charge in [-0.1, -0.05) is 41.9 Å². The molecule has 1 saturated carbocycles. The lowest BCUT2D eigenvalue weighted by atomic mass is 10.1. The third-order valence-corrected chi connectivity index (χ3v) is 4.55. The van der Waals surface area contributed by atoms with Gasteiger partial charge in [-0.05, 0) is 30.2 Å². The second-order valence-electron chi connectivity index (χ2n) is 6.33. The molecule has 2 aromatic rings. The van der Waals surface area contributed by atoms with E-state index in [1.54, 1.807) is 0 Å². The lowest BCUT2D eigenvalue weighted by Gasteiger charge is -2.14. The highest BCUT2D eigenvalue weighted by atomic mass is 35.5. The van der Waals surface area contributed by atoms with Crippen LogP contribution in [0.15, 0.2) is 48.5 Å². The molecule has 0 radical (unpaired) electrons. The number of benzene rings is 2. The zero-order chi connectivity index (χ0) is 19.6. The maximum atomic E-state index is 13.1. The smallest absolute Gasteiger partial charge is 0.352 e. The Morgan fingerprint density at radius 3 is 2.37 bits per heavy atom. The molecule has 1 fully saturated rings. The van der Waals surface area contributed by atoms with Gasteiger partial charge in [0.05, 0.1) is 23.1 Å². The Balaban J connectivity index is 1.58. The SMILES string of the molecule is O=C(NCc1ccccc1)C1CC1C(=O)Nc1ccc(Cl)cc1C(F)(F)F. The van der Waals surface area contributed by atoms with E-state index in [-0.39, 0.29) is 16.6 Å². The van der Waals surface area contributed by atoms with Gasteiger partial charge >= 0.3 is 6.18 Å². The largest absolute Gasteiger partial charge is 0.418 e. The molecule has 0 saturated heterocycles. The number of carbonyl (C=O) groups excluding carboxylic acids is 2. The molecule has 142 valence electrons. The van der Waals surface area contributed by atoms with Crippen LogP contribution in [0, 0.1) is 11.8 Å². The van der Waals surface area contributed by atoms with Crippen molar-refractivity contribution in [1.82, 2.24) is 5.32 Å². The van der Waals surface area contributed by atoms with Crippen LogP contribution in [0.4, 0.5) is 18.9 Å². The number of alkyl halides is 3. The second kappa shape index (κ2) is 7.60. The van der Waals surface area contributed by atoms with E-state index in [0.717, 1.165) is 17.7 Å². The van der Waals surface area contributed by atoms with Crippen LogP contribution >= 0.6 is 11.6 Å². The predicted molar refractivity (Wildman–Crippen MR) is 95.0 cm³/mol. The molecule has 2 aromatic carbocycles. The van der Waals surface area contributed by atoms with Gasteiger partial charge in [0.15, 0.2) is 0 Å². The molecule has 0 heterocycles. The van der Waals surface area contributed by atoms with E-state index in [0.29, 0.717) is 13.0 Å². The minimum atomic E-state index is -4.65. The van der Waals surface area contributed by atoms with Crippen LogP contribution in [0.1, 0.15) is 17.5 Å². The van der Waals surface area contributed by atoms with E-state index < -0.39 is 29.5 Å². The van der Waals surface area contributed by atoms with Crippen molar-refractivity contribution in [3.8, 4) is 0 Å². The Bertz CT molecular complexity index is 856. The van der Waals surface area contributed by atoms with E-state index in [1.165, 1.54) is 6.07 Å². The Labute approximate surface area is 158 Å². The first kappa shape index (κ1) is 19.2. The number of anilines is 1. The standard InChI is InChI=1S/C19H16ClF3N2O2/c20-12-6-7-16(15(8-12)19(21,22)23)25-18(27)14-9-13(14)17(26)24-10-11-4-2-1-3-5-11/h1-8,13-14H,9-10H2,(H,24,26)(H,25,27). The molecule has 0 aromatic heterocycles. The number of halogens is 4. The second-order valence-corrected chi connectivity index (χ2v) is 6.77. The summed E-state index contributed by atoms with van der Waals surface area (Å²) in [5, 5.41) is 4.92. The van der Waals surface area contributed by atoms with Crippen LogP contribution in [-0.2, 0) is 22.3 Å². The summed E-state index contributed by atoms with van der Waals surface area (Å²) >= 11 is 5.62. The Morgan fingerprint density at radius 2 is 1.70 bits per heavy atom. The average Bonchev–Trinajstić information content (AvgIpc) is 3.42. The van der Waals surface area contributed by atoms with Crippen molar-refractivity contribution in [3.05, 3.63) is 64.7 Å². The summed E-state index contributed by atoms with van der Waals surface area (Å²) < 4.78 is 39.3. The average molecular weight is 397 g/mol. The zero-order valence-corrected chi connectivity index (χ0v) is 14.8. The first-order valence-electron chi connectivity index (χ1n) is 8.25. The summed E-state index contributed by atoms with van der Waals surface area (Å²) in [6, 6.07) is 12.4. The van der Waals surface area contributed by atoms with Crippen molar-refractivity contribution in [2.45, 2.75) is 19.1 Å². The fraction of sp³-hybridized carbons (Fsp3) is 0.263. The molecule has 4 nitrogen and oxygen atoms in total. The molecule has 1 aliphatic carbocycles. The quantitative estimate of drug-likeness (QED) is 0.793. The monoisotopic (exact) mass is 396 g/mol. The van der Waals surface area contributed by atoms with Crippen molar-refractivity contribution in [3.63, 3.8) is 0 Å². The van der Waals surface area contributed by atoms with Gasteiger partial charge in [0, 0.05) is 11.6 Å². The molecule has 3 rings (SSSR count). The number of hydrogen-bond donors (Lipinski definition) is 2. The lowest BCUT2D eigenvalue weighted by molar-refractivity contribution is -0.137. The van der Waals surface area contributed by atoms with Crippen LogP contribution in [0.25, 0.3) is 0 Å². The molecule has 2 amide bonds. The van der Waals surface area contributed by atoms with Crippen molar-refractivity contribution >= 4 is 29.1 Å². The van der Waals surface area contributed by atoms with Crippen LogP contribution in [0.5, 0.6) is 0 Å². The topological polar surface area (TPSA) is 58.2 Å². The first-order valence-corrected chi connectivity index (χ1v) is 8.63. The minimum Gasteiger partial charge on any atom is -0.352 e. The summed E-state index contributed by atoms with van der Waals surface area (Å²) in [5.74, 6) is -2.07. The minimum absolute atomic E-state index is 0.0788. The number of carbonyl (C=O) groups is 2. The van der Waals surface area contributed by atoms with Gasteiger partial charge in [0.2, 0.25) is 11.8 Å². The predicted octanol–water partition coefficient (Wildman–Crippen LogP) is 4.25. The first-order chi connectivity index (χ1) is 12.8. The van der Waals surface area contributed by atoms with Crippen LogP contribution in [0.3, 0.4) is 0 Å². The van der Waals surface area contributed by atoms with Gasteiger partial charge < -0.3 is 10.6 Å². The zero-order valence-electron chi connectivity index (χ0n) is 14.0. The molecule has 2 N–H and O–H groups in total. The molecular formula is C19H16ClF3N2O2. The lowest BCUT2D eigenvalue weighted by Crippen LogP contribution is -2.27. The van der Waals surface area contributed by atoms with E-state index >= 15 is 0 Å². The van der Waals surface area contributed by atoms with Crippen molar-refractivity contribution in [2.24, 2.45) is 11.8 Å². The van der Waals surface area contributed by atoms with Gasteiger partial charge in [-0.2, -0.15) is 13.2 Å². The number of nitrogens with one attached hydrogen (secondary N) is 2. The molecule has 0 bridgehead atoms. The number of hydrogen-bond acceptors (Lipinski definition) is 2. The molecule has 1 aliphatic rings. The molecular weight excluding hydrogens is 381 g/mol. The third-order valence-electron chi connectivity index (χ3n) is 4.32. The molecule has 8 heteroatoms. The highest BCUT2D eigenvalue weighted by Crippen LogP contribution is 2.41. The van der Waals surface area contributed by atoms with Crippen molar-refractivity contribution < 1.29 is 22.8 Å². The third kappa shape index (κ3) is 4.80. The Morgan fingerprint density at radius 1 is 1.04 bits per heavy atom. The highest BCUT2D eigenvalue weighted by molar-refractivity contribution is 6.30. The maximum absolute atomic E-state index is 13.1. The molecule has 0 spiro atoms. The number of rotatable bonds is 5. The van der Waals surface area contributed by atoms with E-state index in [2.05, 4.69) is 10.6 Å². The summed E-state index contributed by atoms with van der Waals surface area (Å²) in [6.45, 7) is 0.333. The normalized spacial score (nSPS) is 18.7. The number of amides is 2. The van der Waals surface area contributed by atoms with Crippen molar-refractivity contribution in [1.29, 1.82) is 0 Å². The Kier molecular flexibility index (Phi) is 5.41. The van der Waals surface area contributed by atoms with Gasteiger partial charge in [-0.15, -0.1) is 0 Å². The van der Waals surface area contributed by atoms with Gasteiger partial charge in [0.25, 0.3) is 0 Å². The molecule has 2 atom stereocenters. The van der Waals surface area contributed by atoms with Crippen LogP contribution in [-0.4, -0.2) is 11.8 Å². The van der Waals surface area contributed by atoms with Crippen LogP contribution < -0.4 is 10.6 Å². The van der Waals surface area contributed by atoms with E-state index in [4.69, 9.17) is 11.6 Å². The molecule has 27 heavy (non-hydrogen) atoms.